The molecule has 0 radical (unpaired) electrons. The molecule has 0 aliphatic rings. The highest BCUT2D eigenvalue weighted by atomic mass is 79.9. The second-order valence-corrected chi connectivity index (χ2v) is 5.26. The zero-order valence-electron chi connectivity index (χ0n) is 10.6. The predicted octanol–water partition coefficient (Wildman–Crippen LogP) is 3.27. The highest BCUT2D eigenvalue weighted by Gasteiger charge is 2.07. The van der Waals surface area contributed by atoms with Crippen molar-refractivity contribution in [3.8, 4) is 0 Å². The summed E-state index contributed by atoms with van der Waals surface area (Å²) in [6, 6.07) is 13.1. The van der Waals surface area contributed by atoms with Crippen LogP contribution < -0.4 is 11.1 Å². The van der Waals surface area contributed by atoms with E-state index in [1.807, 2.05) is 43.3 Å². The number of rotatable bonds is 3. The third-order valence-corrected chi connectivity index (χ3v) is 3.53. The van der Waals surface area contributed by atoms with E-state index in [1.165, 1.54) is 0 Å². The summed E-state index contributed by atoms with van der Waals surface area (Å²) in [5, 5.41) is 2.89. The maximum atomic E-state index is 12.1. The molecule has 0 saturated heterocycles. The van der Waals surface area contributed by atoms with E-state index < -0.39 is 0 Å². The van der Waals surface area contributed by atoms with Gasteiger partial charge in [-0.3, -0.25) is 4.79 Å². The fraction of sp³-hybridized carbons (Fsp3) is 0.133. The average Bonchev–Trinajstić information content (AvgIpc) is 2.36. The second-order valence-electron chi connectivity index (χ2n) is 4.41. The van der Waals surface area contributed by atoms with Gasteiger partial charge in [0.2, 0.25) is 0 Å². The number of hydrogen-bond acceptors (Lipinski definition) is 2. The Balaban J connectivity index is 2.08. The van der Waals surface area contributed by atoms with Crippen LogP contribution in [0.25, 0.3) is 0 Å². The van der Waals surface area contributed by atoms with Gasteiger partial charge >= 0.3 is 0 Å². The predicted molar refractivity (Wildman–Crippen MR) is 80.9 cm³/mol. The number of anilines is 1. The Morgan fingerprint density at radius 3 is 2.68 bits per heavy atom. The van der Waals surface area contributed by atoms with Crippen LogP contribution in [0.3, 0.4) is 0 Å². The molecule has 98 valence electrons. The maximum absolute atomic E-state index is 12.1. The molecule has 0 aromatic heterocycles. The van der Waals surface area contributed by atoms with E-state index in [4.69, 9.17) is 5.73 Å². The van der Waals surface area contributed by atoms with Crippen molar-refractivity contribution >= 4 is 27.5 Å². The monoisotopic (exact) mass is 318 g/mol. The Bertz CT molecular complexity index is 591. The topological polar surface area (TPSA) is 55.1 Å². The highest BCUT2D eigenvalue weighted by Crippen LogP contribution is 2.16. The van der Waals surface area contributed by atoms with Gasteiger partial charge in [-0.05, 0) is 42.3 Å². The Labute approximate surface area is 121 Å². The molecule has 0 aliphatic carbocycles. The van der Waals surface area contributed by atoms with Gasteiger partial charge in [0.05, 0.1) is 0 Å². The molecule has 0 unspecified atom stereocenters. The van der Waals surface area contributed by atoms with Gasteiger partial charge in [-0.25, -0.2) is 0 Å². The zero-order valence-corrected chi connectivity index (χ0v) is 12.2. The number of carbonyl (C=O) groups excluding carboxylic acids is 1. The van der Waals surface area contributed by atoms with Crippen LogP contribution in [-0.2, 0) is 6.54 Å². The van der Waals surface area contributed by atoms with Crippen LogP contribution in [0, 0.1) is 6.92 Å². The fourth-order valence-corrected chi connectivity index (χ4v) is 2.29. The SMILES string of the molecule is Cc1cc(N)cc(C(=O)NCc2ccccc2Br)c1. The van der Waals surface area contributed by atoms with E-state index in [-0.39, 0.29) is 5.91 Å². The molecule has 0 heterocycles. The van der Waals surface area contributed by atoms with Gasteiger partial charge in [-0.1, -0.05) is 34.1 Å². The lowest BCUT2D eigenvalue weighted by Crippen LogP contribution is -2.23. The summed E-state index contributed by atoms with van der Waals surface area (Å²) >= 11 is 3.45. The number of nitrogen functional groups attached to an aromatic ring is 1. The van der Waals surface area contributed by atoms with E-state index in [2.05, 4.69) is 21.2 Å². The maximum Gasteiger partial charge on any atom is 0.251 e. The minimum Gasteiger partial charge on any atom is -0.399 e. The summed E-state index contributed by atoms with van der Waals surface area (Å²) in [6.07, 6.45) is 0. The van der Waals surface area contributed by atoms with E-state index in [1.54, 1.807) is 6.07 Å². The minimum atomic E-state index is -0.119. The fourth-order valence-electron chi connectivity index (χ4n) is 1.86. The lowest BCUT2D eigenvalue weighted by Gasteiger charge is -2.08. The van der Waals surface area contributed by atoms with Crippen molar-refractivity contribution in [2.45, 2.75) is 13.5 Å². The van der Waals surface area contributed by atoms with Crippen molar-refractivity contribution in [2.24, 2.45) is 0 Å². The van der Waals surface area contributed by atoms with Crippen molar-refractivity contribution < 1.29 is 4.79 Å². The molecule has 0 saturated carbocycles. The van der Waals surface area contributed by atoms with Crippen LogP contribution in [0.4, 0.5) is 5.69 Å². The standard InChI is InChI=1S/C15H15BrN2O/c1-10-6-12(8-13(17)7-10)15(19)18-9-11-4-2-3-5-14(11)16/h2-8H,9,17H2,1H3,(H,18,19). The van der Waals surface area contributed by atoms with Crippen LogP contribution in [0.1, 0.15) is 21.5 Å². The number of amides is 1. The first kappa shape index (κ1) is 13.6. The molecular formula is C15H15BrN2O. The van der Waals surface area contributed by atoms with Crippen LogP contribution >= 0.6 is 15.9 Å². The number of nitrogens with two attached hydrogens (primary N) is 1. The molecule has 4 heteroatoms. The smallest absolute Gasteiger partial charge is 0.251 e. The van der Waals surface area contributed by atoms with Gasteiger partial charge in [-0.2, -0.15) is 0 Å². The Hall–Kier alpha value is -1.81. The van der Waals surface area contributed by atoms with Gasteiger partial charge in [-0.15, -0.1) is 0 Å². The quantitative estimate of drug-likeness (QED) is 0.853. The first-order valence-corrected chi connectivity index (χ1v) is 6.74. The third-order valence-electron chi connectivity index (χ3n) is 2.76. The molecule has 2 rings (SSSR count). The number of aryl methyl sites for hydroxylation is 1. The molecule has 2 aromatic carbocycles. The Morgan fingerprint density at radius 2 is 2.00 bits per heavy atom. The second kappa shape index (κ2) is 5.89. The first-order chi connectivity index (χ1) is 9.06. The van der Waals surface area contributed by atoms with Crippen molar-refractivity contribution in [3.05, 3.63) is 63.6 Å². The molecule has 2 aromatic rings. The molecule has 0 bridgehead atoms. The molecule has 0 atom stereocenters. The van der Waals surface area contributed by atoms with Gasteiger partial charge < -0.3 is 11.1 Å². The lowest BCUT2D eigenvalue weighted by molar-refractivity contribution is 0.0951. The molecule has 19 heavy (non-hydrogen) atoms. The number of carbonyl (C=O) groups is 1. The zero-order chi connectivity index (χ0) is 13.8. The Kier molecular flexibility index (Phi) is 4.22. The summed E-state index contributed by atoms with van der Waals surface area (Å²) < 4.78 is 0.985. The summed E-state index contributed by atoms with van der Waals surface area (Å²) in [5.74, 6) is -0.119. The van der Waals surface area contributed by atoms with Gasteiger partial charge in [0, 0.05) is 22.3 Å². The summed E-state index contributed by atoms with van der Waals surface area (Å²) in [6.45, 7) is 2.40. The molecule has 0 aliphatic heterocycles. The van der Waals surface area contributed by atoms with Crippen molar-refractivity contribution in [1.82, 2.24) is 5.32 Å². The van der Waals surface area contributed by atoms with Crippen molar-refractivity contribution in [2.75, 3.05) is 5.73 Å². The molecule has 0 spiro atoms. The summed E-state index contributed by atoms with van der Waals surface area (Å²) in [4.78, 5) is 12.1. The Morgan fingerprint density at radius 1 is 1.26 bits per heavy atom. The number of benzene rings is 2. The summed E-state index contributed by atoms with van der Waals surface area (Å²) in [5.41, 5.74) is 8.95. The number of nitrogens with one attached hydrogen (secondary N) is 1. The lowest BCUT2D eigenvalue weighted by atomic mass is 10.1. The first-order valence-electron chi connectivity index (χ1n) is 5.95. The highest BCUT2D eigenvalue weighted by molar-refractivity contribution is 9.10. The molecule has 0 fully saturated rings. The van der Waals surface area contributed by atoms with Crippen LogP contribution in [-0.4, -0.2) is 5.91 Å². The number of halogens is 1. The van der Waals surface area contributed by atoms with Crippen LogP contribution in [0.2, 0.25) is 0 Å². The summed E-state index contributed by atoms with van der Waals surface area (Å²) in [7, 11) is 0. The molecular weight excluding hydrogens is 304 g/mol. The average molecular weight is 319 g/mol. The van der Waals surface area contributed by atoms with Gasteiger partial charge in [0.15, 0.2) is 0 Å². The third kappa shape index (κ3) is 3.58. The number of hydrogen-bond donors (Lipinski definition) is 2. The van der Waals surface area contributed by atoms with E-state index in [9.17, 15) is 4.79 Å². The van der Waals surface area contributed by atoms with E-state index in [0.717, 1.165) is 15.6 Å². The molecule has 3 N–H and O–H groups in total. The van der Waals surface area contributed by atoms with Gasteiger partial charge in [0.25, 0.3) is 5.91 Å². The van der Waals surface area contributed by atoms with Crippen molar-refractivity contribution in [1.29, 1.82) is 0 Å². The largest absolute Gasteiger partial charge is 0.399 e. The van der Waals surface area contributed by atoms with Crippen LogP contribution in [0.15, 0.2) is 46.9 Å². The van der Waals surface area contributed by atoms with E-state index >= 15 is 0 Å². The van der Waals surface area contributed by atoms with Crippen molar-refractivity contribution in [3.63, 3.8) is 0 Å². The van der Waals surface area contributed by atoms with Crippen LogP contribution in [0.5, 0.6) is 0 Å². The molecule has 1 amide bonds. The normalized spacial score (nSPS) is 10.2. The van der Waals surface area contributed by atoms with E-state index in [0.29, 0.717) is 17.8 Å². The van der Waals surface area contributed by atoms with Gasteiger partial charge in [0.1, 0.15) is 0 Å². The molecule has 3 nitrogen and oxygen atoms in total. The minimum absolute atomic E-state index is 0.119.